The lowest BCUT2D eigenvalue weighted by Gasteiger charge is -2.67. The molecule has 17 nitrogen and oxygen atoms in total. The maximum Gasteiger partial charge on any atom is 0.408 e. The van der Waals surface area contributed by atoms with Crippen LogP contribution in [0.3, 0.4) is 0 Å². The Hall–Kier alpha value is -4.36. The molecule has 3 N–H and O–H groups in total. The van der Waals surface area contributed by atoms with E-state index in [-0.39, 0.29) is 46.7 Å². The quantitative estimate of drug-likeness (QED) is 0.0518. The Morgan fingerprint density at radius 2 is 1.53 bits per heavy atom. The number of amides is 1. The highest BCUT2D eigenvalue weighted by Crippen LogP contribution is 2.64. The first-order valence-electron chi connectivity index (χ1n) is 24.5. The first-order chi connectivity index (χ1) is 32.2. The van der Waals surface area contributed by atoms with Crippen molar-refractivity contribution in [2.24, 2.45) is 28.6 Å². The maximum atomic E-state index is 15.5. The normalized spacial score (nSPS) is 31.4. The number of fused-ring (bicyclic) bond motifs is 5. The number of carbonyl (C=O) groups is 6. The lowest BCUT2D eigenvalue weighted by molar-refractivity contribution is -0.350. The Morgan fingerprint density at radius 3 is 2.01 bits per heavy atom. The zero-order chi connectivity index (χ0) is 53.0. The molecule has 0 spiro atoms. The van der Waals surface area contributed by atoms with Crippen LogP contribution in [0.15, 0.2) is 29.8 Å². The number of rotatable bonds is 15. The van der Waals surface area contributed by atoms with Crippen molar-refractivity contribution in [2.75, 3.05) is 20.8 Å². The number of benzene rings is 1. The summed E-state index contributed by atoms with van der Waals surface area (Å²) in [5, 5.41) is 28.9. The maximum absolute atomic E-state index is 15.5. The summed E-state index contributed by atoms with van der Waals surface area (Å²) in [6.45, 7) is 28.0. The van der Waals surface area contributed by atoms with E-state index in [2.05, 4.69) is 5.32 Å². The van der Waals surface area contributed by atoms with Gasteiger partial charge in [0.25, 0.3) is 0 Å². The third-order valence-electron chi connectivity index (χ3n) is 15.9. The van der Waals surface area contributed by atoms with Crippen LogP contribution in [0.4, 0.5) is 4.79 Å². The average Bonchev–Trinajstić information content (AvgIpc) is 3.23. The first-order valence-corrected chi connectivity index (χ1v) is 26.6. The molecule has 70 heavy (non-hydrogen) atoms. The molecule has 0 aromatic heterocycles. The predicted octanol–water partition coefficient (Wildman–Crippen LogP) is 7.21. The number of Topliss-reactive ketones (excluding diaryl/α,β-unsaturated/α-hetero) is 2. The van der Waals surface area contributed by atoms with Crippen molar-refractivity contribution in [3.8, 4) is 11.5 Å². The topological polar surface area (TPSA) is 229 Å². The molecule has 3 aliphatic carbocycles. The molecule has 1 heterocycles. The minimum atomic E-state index is -3.01. The monoisotopic (exact) mass is 1000 g/mol. The number of hydrogen-bond donors (Lipinski definition) is 3. The molecule has 12 atom stereocenters. The molecule has 0 radical (unpaired) electrons. The van der Waals surface area contributed by atoms with Gasteiger partial charge in [0.05, 0.1) is 44.3 Å². The van der Waals surface area contributed by atoms with Crippen molar-refractivity contribution in [3.63, 3.8) is 0 Å². The van der Waals surface area contributed by atoms with Crippen LogP contribution >= 0.6 is 0 Å². The molecule has 392 valence electrons. The van der Waals surface area contributed by atoms with Gasteiger partial charge in [0.1, 0.15) is 46.6 Å². The molecule has 1 saturated heterocycles. The van der Waals surface area contributed by atoms with Gasteiger partial charge in [-0.05, 0) is 76.4 Å². The molecule has 2 bridgehead atoms. The Kier molecular flexibility index (Phi) is 16.4. The average molecular weight is 1000 g/mol. The number of methoxy groups -OCH3 is 2. The molecule has 1 aromatic carbocycles. The SMILES string of the molecule is COc1ccc(OC)c(C(=O)O[C@H]2[C@@H]3[C@]4(OC(C)=O)CO[C@@H]4C[C@H](O)[C@@]3(C)C(=O)C(=O)C3C(C)[C@@H](OC(=O)[C@H](O[Si](C(C)C)(C(C)C)C(C)C)[C@H](C=C(C)C)NC(=O)OC(C)(C)C)C[C@]2(O)C3(C)C)c1. The van der Waals surface area contributed by atoms with Crippen molar-refractivity contribution >= 4 is 43.9 Å². The van der Waals surface area contributed by atoms with Gasteiger partial charge in [-0.25, -0.2) is 14.4 Å². The number of ketones is 2. The lowest BCUT2D eigenvalue weighted by atomic mass is 9.42. The van der Waals surface area contributed by atoms with Gasteiger partial charge in [-0.15, -0.1) is 0 Å². The number of alkyl carbamates (subject to hydrolysis) is 1. The largest absolute Gasteiger partial charge is 0.497 e. The second-order valence-electron chi connectivity index (χ2n) is 22.9. The van der Waals surface area contributed by atoms with E-state index in [1.165, 1.54) is 33.3 Å². The summed E-state index contributed by atoms with van der Waals surface area (Å²) in [6.07, 6.45) is -7.28. The molecule has 4 aliphatic rings. The number of carbonyl (C=O) groups excluding carboxylic acids is 6. The minimum Gasteiger partial charge on any atom is -0.497 e. The third kappa shape index (κ3) is 9.80. The van der Waals surface area contributed by atoms with Crippen molar-refractivity contribution in [3.05, 3.63) is 35.4 Å². The van der Waals surface area contributed by atoms with Crippen LogP contribution in [0, 0.1) is 28.6 Å². The van der Waals surface area contributed by atoms with Crippen molar-refractivity contribution < 1.29 is 76.6 Å². The molecule has 3 saturated carbocycles. The molecule has 4 fully saturated rings. The minimum absolute atomic E-state index is 0.0373. The molecule has 5 rings (SSSR count). The van der Waals surface area contributed by atoms with E-state index in [9.17, 15) is 24.6 Å². The highest BCUT2D eigenvalue weighted by molar-refractivity contribution is 6.77. The Morgan fingerprint density at radius 1 is 0.929 bits per heavy atom. The second kappa shape index (κ2) is 20.3. The van der Waals surface area contributed by atoms with Crippen LogP contribution in [0.25, 0.3) is 0 Å². The Balaban J connectivity index is 1.77. The molecule has 18 heteroatoms. The summed E-state index contributed by atoms with van der Waals surface area (Å²) < 4.78 is 49.1. The van der Waals surface area contributed by atoms with Crippen molar-refractivity contribution in [2.45, 2.75) is 194 Å². The van der Waals surface area contributed by atoms with E-state index in [1.54, 1.807) is 67.5 Å². The Bertz CT molecular complexity index is 2190. The number of esters is 3. The summed E-state index contributed by atoms with van der Waals surface area (Å²) in [5.74, 6) is -8.48. The highest BCUT2D eigenvalue weighted by Gasteiger charge is 2.79. The van der Waals surface area contributed by atoms with Gasteiger partial charge in [0, 0.05) is 37.0 Å². The van der Waals surface area contributed by atoms with Crippen molar-refractivity contribution in [1.29, 1.82) is 0 Å². The van der Waals surface area contributed by atoms with Crippen LogP contribution in [0.1, 0.15) is 134 Å². The number of aliphatic hydroxyl groups is 2. The summed E-state index contributed by atoms with van der Waals surface area (Å²) in [6, 6.07) is 3.29. The number of allylic oxidation sites excluding steroid dienone is 1. The summed E-state index contributed by atoms with van der Waals surface area (Å²) in [4.78, 5) is 87.7. The van der Waals surface area contributed by atoms with E-state index in [0.717, 1.165) is 12.5 Å². The zero-order valence-electron chi connectivity index (χ0n) is 44.5. The fourth-order valence-electron chi connectivity index (χ4n) is 12.6. The third-order valence-corrected chi connectivity index (χ3v) is 22.0. The number of nitrogens with one attached hydrogen (secondary N) is 1. The standard InChI is InChI=1S/C52H79NO16Si/c1-26(2)21-34(53-47(60)68-48(11,12)13)41(69-70(27(3)4,28(5)6)29(7)8)46(59)65-36-24-52(61)44(66-45(58)33-22-32(62-17)19-20-35(33)63-18)42-50(16,43(57)40(56)39(30(36)9)49(52,14)15)37(55)23-38-51(42,25-64-38)67-31(10)54/h19-22,27-30,34,36-39,41-42,44,55,61H,23-25H2,1-18H3,(H,53,60)/t30?,34-,36-,37-,38+,39?,41+,42-,44-,50+,51-,52+/m0/s1. The molecule has 2 unspecified atom stereocenters. The van der Waals surface area contributed by atoms with E-state index >= 15 is 14.4 Å². The summed E-state index contributed by atoms with van der Waals surface area (Å²) in [5.41, 5.74) is -8.44. The Labute approximate surface area is 414 Å². The van der Waals surface area contributed by atoms with E-state index in [4.69, 9.17) is 37.6 Å². The van der Waals surface area contributed by atoms with Gasteiger partial charge < -0.3 is 53.1 Å². The second-order valence-corrected chi connectivity index (χ2v) is 28.3. The smallest absolute Gasteiger partial charge is 0.408 e. The van der Waals surface area contributed by atoms with Gasteiger partial charge >= 0.3 is 24.0 Å². The van der Waals surface area contributed by atoms with Crippen LogP contribution in [-0.4, -0.2) is 128 Å². The van der Waals surface area contributed by atoms with E-state index in [1.807, 2.05) is 41.5 Å². The summed E-state index contributed by atoms with van der Waals surface area (Å²) >= 11 is 0. The van der Waals surface area contributed by atoms with Gasteiger partial charge in [-0.2, -0.15) is 0 Å². The van der Waals surface area contributed by atoms with Crippen LogP contribution in [-0.2, 0) is 47.3 Å². The number of ether oxygens (including phenoxy) is 7. The molecule has 1 amide bonds. The molecular formula is C52H79NO16Si. The van der Waals surface area contributed by atoms with Crippen LogP contribution < -0.4 is 14.8 Å². The fourth-order valence-corrected chi connectivity index (χ4v) is 18.1. The van der Waals surface area contributed by atoms with Gasteiger partial charge in [-0.3, -0.25) is 14.4 Å². The molecular weight excluding hydrogens is 923 g/mol. The van der Waals surface area contributed by atoms with Crippen LogP contribution in [0.5, 0.6) is 11.5 Å². The summed E-state index contributed by atoms with van der Waals surface area (Å²) in [7, 11) is -0.257. The fraction of sp³-hybridized carbons (Fsp3) is 0.731. The van der Waals surface area contributed by atoms with Gasteiger partial charge in [0.15, 0.2) is 11.7 Å². The lowest BCUT2D eigenvalue weighted by Crippen LogP contribution is -2.82. The van der Waals surface area contributed by atoms with E-state index < -0.39 is 132 Å². The van der Waals surface area contributed by atoms with Gasteiger partial charge in [0.2, 0.25) is 19.9 Å². The van der Waals surface area contributed by atoms with Gasteiger partial charge in [-0.1, -0.05) is 74.0 Å². The predicted molar refractivity (Wildman–Crippen MR) is 260 cm³/mol. The number of hydrogen-bond acceptors (Lipinski definition) is 16. The van der Waals surface area contributed by atoms with Crippen LogP contribution in [0.2, 0.25) is 16.6 Å². The molecule has 1 aromatic rings. The van der Waals surface area contributed by atoms with Crippen molar-refractivity contribution in [1.82, 2.24) is 5.32 Å². The first kappa shape index (κ1) is 56.5. The number of aliphatic hydroxyl groups excluding tert-OH is 1. The van der Waals surface area contributed by atoms with E-state index in [0.29, 0.717) is 0 Å². The molecule has 1 aliphatic heterocycles. The zero-order valence-corrected chi connectivity index (χ0v) is 45.5. The highest BCUT2D eigenvalue weighted by atomic mass is 28.4.